The van der Waals surface area contributed by atoms with Crippen molar-refractivity contribution in [2.45, 2.75) is 13.5 Å². The summed E-state index contributed by atoms with van der Waals surface area (Å²) in [7, 11) is 0. The van der Waals surface area contributed by atoms with Crippen LogP contribution in [0, 0.1) is 6.92 Å². The van der Waals surface area contributed by atoms with E-state index in [1.54, 1.807) is 4.68 Å². The van der Waals surface area contributed by atoms with Gasteiger partial charge in [-0.3, -0.25) is 0 Å². The molecule has 0 saturated carbocycles. The number of hydrogen-bond donors (Lipinski definition) is 1. The number of aryl methyl sites for hydroxylation is 1. The van der Waals surface area contributed by atoms with Crippen LogP contribution in [0.25, 0.3) is 11.0 Å². The number of rotatable bonds is 2. The molecule has 2 aromatic rings. The van der Waals surface area contributed by atoms with Gasteiger partial charge in [-0.15, -0.1) is 5.10 Å². The molecular formula is C9H10BrN3O. The van der Waals surface area contributed by atoms with Crippen LogP contribution in [0.1, 0.15) is 5.56 Å². The Hall–Kier alpha value is -0.940. The number of benzene rings is 1. The fraction of sp³-hybridized carbons (Fsp3) is 0.333. The Kier molecular flexibility index (Phi) is 2.52. The van der Waals surface area contributed by atoms with Crippen LogP contribution in [0.5, 0.6) is 0 Å². The summed E-state index contributed by atoms with van der Waals surface area (Å²) in [5.41, 5.74) is 2.92. The predicted molar refractivity (Wildman–Crippen MR) is 57.1 cm³/mol. The van der Waals surface area contributed by atoms with E-state index in [0.29, 0.717) is 6.54 Å². The van der Waals surface area contributed by atoms with E-state index in [9.17, 15) is 0 Å². The molecule has 14 heavy (non-hydrogen) atoms. The molecule has 0 radical (unpaired) electrons. The number of fused-ring (bicyclic) bond motifs is 1. The zero-order valence-corrected chi connectivity index (χ0v) is 9.32. The van der Waals surface area contributed by atoms with Crippen LogP contribution in [0.2, 0.25) is 0 Å². The van der Waals surface area contributed by atoms with Crippen molar-refractivity contribution in [3.05, 3.63) is 22.2 Å². The Morgan fingerprint density at radius 2 is 2.29 bits per heavy atom. The molecule has 1 N–H and O–H groups in total. The minimum atomic E-state index is 0.0770. The van der Waals surface area contributed by atoms with Crippen molar-refractivity contribution in [3.63, 3.8) is 0 Å². The molecular weight excluding hydrogens is 246 g/mol. The van der Waals surface area contributed by atoms with Crippen LogP contribution in [-0.4, -0.2) is 26.7 Å². The fourth-order valence-electron chi connectivity index (χ4n) is 1.40. The molecule has 4 nitrogen and oxygen atoms in total. The first-order valence-corrected chi connectivity index (χ1v) is 5.12. The average Bonchev–Trinajstić information content (AvgIpc) is 2.57. The van der Waals surface area contributed by atoms with Gasteiger partial charge in [-0.25, -0.2) is 4.68 Å². The van der Waals surface area contributed by atoms with Crippen molar-refractivity contribution in [1.29, 1.82) is 0 Å². The summed E-state index contributed by atoms with van der Waals surface area (Å²) < 4.78 is 2.73. The van der Waals surface area contributed by atoms with E-state index in [2.05, 4.69) is 26.2 Å². The molecule has 1 heterocycles. The number of hydrogen-bond acceptors (Lipinski definition) is 3. The Morgan fingerprint density at radius 1 is 1.50 bits per heavy atom. The molecule has 2 rings (SSSR count). The van der Waals surface area contributed by atoms with E-state index < -0.39 is 0 Å². The first kappa shape index (κ1) is 9.61. The number of aliphatic hydroxyl groups excluding tert-OH is 1. The summed E-state index contributed by atoms with van der Waals surface area (Å²) in [4.78, 5) is 0. The summed E-state index contributed by atoms with van der Waals surface area (Å²) >= 11 is 3.44. The molecule has 0 spiro atoms. The van der Waals surface area contributed by atoms with E-state index >= 15 is 0 Å². The van der Waals surface area contributed by atoms with Crippen molar-refractivity contribution in [1.82, 2.24) is 15.0 Å². The molecule has 0 fully saturated rings. The zero-order chi connectivity index (χ0) is 10.1. The largest absolute Gasteiger partial charge is 0.394 e. The maximum absolute atomic E-state index is 8.82. The van der Waals surface area contributed by atoms with Crippen LogP contribution in [0.4, 0.5) is 0 Å². The van der Waals surface area contributed by atoms with Crippen LogP contribution < -0.4 is 0 Å². The molecule has 5 heteroatoms. The van der Waals surface area contributed by atoms with E-state index in [1.807, 2.05) is 19.1 Å². The summed E-state index contributed by atoms with van der Waals surface area (Å²) in [6.45, 7) is 2.55. The van der Waals surface area contributed by atoms with Crippen LogP contribution in [0.15, 0.2) is 16.6 Å². The third-order valence-corrected chi connectivity index (χ3v) is 3.05. The summed E-state index contributed by atoms with van der Waals surface area (Å²) in [5.74, 6) is 0. The average molecular weight is 256 g/mol. The maximum atomic E-state index is 8.82. The molecule has 0 aliphatic rings. The lowest BCUT2D eigenvalue weighted by Crippen LogP contribution is -2.03. The van der Waals surface area contributed by atoms with Gasteiger partial charge >= 0.3 is 0 Å². The van der Waals surface area contributed by atoms with Crippen molar-refractivity contribution in [2.75, 3.05) is 6.61 Å². The fourth-order valence-corrected chi connectivity index (χ4v) is 1.72. The van der Waals surface area contributed by atoms with Crippen molar-refractivity contribution < 1.29 is 5.11 Å². The van der Waals surface area contributed by atoms with E-state index in [4.69, 9.17) is 5.11 Å². The van der Waals surface area contributed by atoms with Gasteiger partial charge < -0.3 is 5.11 Å². The van der Waals surface area contributed by atoms with E-state index in [0.717, 1.165) is 21.1 Å². The third-order valence-electron chi connectivity index (χ3n) is 2.19. The van der Waals surface area contributed by atoms with Crippen LogP contribution in [0.3, 0.4) is 0 Å². The van der Waals surface area contributed by atoms with Gasteiger partial charge in [0.05, 0.1) is 18.7 Å². The number of aromatic nitrogens is 3. The van der Waals surface area contributed by atoms with Crippen molar-refractivity contribution in [2.24, 2.45) is 0 Å². The van der Waals surface area contributed by atoms with Crippen molar-refractivity contribution >= 4 is 27.0 Å². The number of aliphatic hydroxyl groups is 1. The molecule has 0 unspecified atom stereocenters. The molecule has 0 bridgehead atoms. The first-order chi connectivity index (χ1) is 6.74. The molecule has 1 aromatic heterocycles. The smallest absolute Gasteiger partial charge is 0.117 e. The normalized spacial score (nSPS) is 11.1. The van der Waals surface area contributed by atoms with Gasteiger partial charge in [-0.1, -0.05) is 21.1 Å². The van der Waals surface area contributed by atoms with Crippen LogP contribution >= 0.6 is 15.9 Å². The Balaban J connectivity index is 2.64. The Labute approximate surface area is 89.7 Å². The molecule has 74 valence electrons. The zero-order valence-electron chi connectivity index (χ0n) is 7.74. The van der Waals surface area contributed by atoms with Gasteiger partial charge in [-0.05, 0) is 24.6 Å². The highest BCUT2D eigenvalue weighted by Gasteiger charge is 2.08. The number of halogens is 1. The van der Waals surface area contributed by atoms with Gasteiger partial charge in [0, 0.05) is 4.47 Å². The van der Waals surface area contributed by atoms with Gasteiger partial charge in [0.25, 0.3) is 0 Å². The minimum absolute atomic E-state index is 0.0770. The molecule has 0 atom stereocenters. The molecule has 0 amide bonds. The maximum Gasteiger partial charge on any atom is 0.117 e. The number of nitrogens with zero attached hydrogens (tertiary/aromatic N) is 3. The standard InChI is InChI=1S/C9H10BrN3O/c1-6-7(10)2-3-8-9(6)11-12-13(8)4-5-14/h2-3,14H,4-5H2,1H3. The molecule has 0 aliphatic heterocycles. The molecule has 0 aliphatic carbocycles. The molecule has 1 aromatic carbocycles. The van der Waals surface area contributed by atoms with Gasteiger partial charge in [0.1, 0.15) is 5.52 Å². The molecule has 0 saturated heterocycles. The Bertz CT molecular complexity index is 466. The quantitative estimate of drug-likeness (QED) is 0.885. The highest BCUT2D eigenvalue weighted by Crippen LogP contribution is 2.23. The van der Waals surface area contributed by atoms with E-state index in [1.165, 1.54) is 0 Å². The van der Waals surface area contributed by atoms with Gasteiger partial charge in [0.15, 0.2) is 0 Å². The van der Waals surface area contributed by atoms with Crippen LogP contribution in [-0.2, 0) is 6.54 Å². The SMILES string of the molecule is Cc1c(Br)ccc2c1nnn2CCO. The monoisotopic (exact) mass is 255 g/mol. The topological polar surface area (TPSA) is 50.9 Å². The Morgan fingerprint density at radius 3 is 3.00 bits per heavy atom. The highest BCUT2D eigenvalue weighted by molar-refractivity contribution is 9.10. The third kappa shape index (κ3) is 1.42. The van der Waals surface area contributed by atoms with Gasteiger partial charge in [-0.2, -0.15) is 0 Å². The second-order valence-electron chi connectivity index (χ2n) is 3.08. The van der Waals surface area contributed by atoms with E-state index in [-0.39, 0.29) is 6.61 Å². The lowest BCUT2D eigenvalue weighted by molar-refractivity contribution is 0.270. The predicted octanol–water partition coefficient (Wildman–Crippen LogP) is 1.49. The summed E-state index contributed by atoms with van der Waals surface area (Å²) in [6, 6.07) is 3.91. The first-order valence-electron chi connectivity index (χ1n) is 4.33. The van der Waals surface area contributed by atoms with Crippen molar-refractivity contribution in [3.8, 4) is 0 Å². The summed E-state index contributed by atoms with van der Waals surface area (Å²) in [5, 5.41) is 16.9. The lowest BCUT2D eigenvalue weighted by Gasteiger charge is -2.00. The highest BCUT2D eigenvalue weighted by atomic mass is 79.9. The second kappa shape index (κ2) is 3.67. The minimum Gasteiger partial charge on any atom is -0.394 e. The summed E-state index contributed by atoms with van der Waals surface area (Å²) in [6.07, 6.45) is 0. The second-order valence-corrected chi connectivity index (χ2v) is 3.93. The lowest BCUT2D eigenvalue weighted by atomic mass is 10.2. The van der Waals surface area contributed by atoms with Gasteiger partial charge in [0.2, 0.25) is 0 Å².